The van der Waals surface area contributed by atoms with Gasteiger partial charge in [0.1, 0.15) is 39.6 Å². The van der Waals surface area contributed by atoms with Gasteiger partial charge in [0.25, 0.3) is 21.7 Å². The minimum Gasteiger partial charge on any atom is -0.444 e. The fraction of sp³-hybridized carbons (Fsp3) is 0.208. The summed E-state index contributed by atoms with van der Waals surface area (Å²) in [7, 11) is 0. The topological polar surface area (TPSA) is 382 Å². The number of alkyl carbamates (subject to hydrolysis) is 3. The summed E-state index contributed by atoms with van der Waals surface area (Å²) in [5, 5.41) is 31.8. The van der Waals surface area contributed by atoms with Crippen molar-refractivity contribution >= 4 is 107 Å². The van der Waals surface area contributed by atoms with Crippen molar-refractivity contribution in [2.45, 2.75) is 105 Å². The van der Waals surface area contributed by atoms with E-state index in [1.54, 1.807) is 42.3 Å². The Bertz CT molecular complexity index is 5350. The second-order valence-corrected chi connectivity index (χ2v) is 26.4. The van der Waals surface area contributed by atoms with Crippen LogP contribution in [0.15, 0.2) is 202 Å². The predicted molar refractivity (Wildman–Crippen MR) is 402 cm³/mol. The number of nitrogen functional groups attached to an aromatic ring is 2. The van der Waals surface area contributed by atoms with Crippen LogP contribution >= 0.6 is 12.4 Å². The largest absolute Gasteiger partial charge is 0.444 e. The lowest BCUT2D eigenvalue weighted by atomic mass is 10.1. The number of benzene rings is 6. The van der Waals surface area contributed by atoms with E-state index in [4.69, 9.17) is 41.9 Å². The molecule has 0 unspecified atom stereocenters. The summed E-state index contributed by atoms with van der Waals surface area (Å²) < 4.78 is 18.8. The quantitative estimate of drug-likeness (QED) is 0.0474. The van der Waals surface area contributed by atoms with Crippen LogP contribution in [0.25, 0.3) is 76.8 Å². The summed E-state index contributed by atoms with van der Waals surface area (Å²) in [6, 6.07) is 50.5. The van der Waals surface area contributed by atoms with Crippen molar-refractivity contribution in [1.82, 2.24) is 45.0 Å². The standard InChI is InChI=1S/C18H19N3O4.2C14H18N2O2.C13H11N3O2.2C9H6N2.ClH/c1-18(2,3)25-17(24)20-9-10-4-5-11-6-7-21(12(11)8-10)14-13(19)15(22)16(14)23;2*1-14(2,3)18-13(17)16-9-10-4-5-11-6-7-15-12(11)8-10;14-6-7-1-2-8-3-4-16(9(8)5-7)11-10(15)12(17)13(11)18;2*10-6-7-1-2-8-3-4-11-9(8)5-7;/h4-8H,9,19H2,1-3H3,(H,20,24);2*4-8,15H,9H2,1-3H3,(H,16,17);1-5H,6,14-15H2;2*1-5,11H;1H. The van der Waals surface area contributed by atoms with Crippen molar-refractivity contribution < 1.29 is 28.6 Å². The van der Waals surface area contributed by atoms with Gasteiger partial charge in [-0.2, -0.15) is 10.5 Å². The number of amides is 3. The molecule has 0 aliphatic rings. The van der Waals surface area contributed by atoms with Gasteiger partial charge in [0.05, 0.1) is 34.3 Å². The molecule has 0 atom stereocenters. The lowest BCUT2D eigenvalue weighted by Crippen LogP contribution is -2.38. The molecule has 6 heterocycles. The van der Waals surface area contributed by atoms with Crippen molar-refractivity contribution in [2.24, 2.45) is 5.73 Å². The third kappa shape index (κ3) is 19.4. The number of carbonyl (C=O) groups is 3. The second kappa shape index (κ2) is 32.4. The van der Waals surface area contributed by atoms with Crippen molar-refractivity contribution in [1.29, 1.82) is 10.5 Å². The van der Waals surface area contributed by atoms with E-state index in [1.807, 2.05) is 212 Å². The number of halogens is 1. The van der Waals surface area contributed by atoms with Gasteiger partial charge in [0, 0.05) is 85.4 Å². The first kappa shape index (κ1) is 75.1. The number of nitrogens with one attached hydrogen (secondary N) is 7. The van der Waals surface area contributed by atoms with E-state index in [2.05, 4.69) is 48.0 Å². The minimum absolute atomic E-state index is 0. The lowest BCUT2D eigenvalue weighted by Gasteiger charge is -2.19. The average Bonchev–Trinajstić information content (AvgIpc) is 1.43. The Kier molecular flexibility index (Phi) is 23.8. The number of hydrogen-bond acceptors (Lipinski definition) is 15. The van der Waals surface area contributed by atoms with Gasteiger partial charge in [-0.05, 0) is 202 Å². The van der Waals surface area contributed by atoms with Crippen molar-refractivity contribution in [2.75, 3.05) is 11.5 Å². The van der Waals surface area contributed by atoms with Crippen molar-refractivity contribution in [3.05, 3.63) is 257 Å². The highest BCUT2D eigenvalue weighted by Crippen LogP contribution is 2.26. The summed E-state index contributed by atoms with van der Waals surface area (Å²) in [6.07, 6.45) is 9.67. The Morgan fingerprint density at radius 2 is 0.706 bits per heavy atom. The van der Waals surface area contributed by atoms with E-state index in [0.29, 0.717) is 30.8 Å². The highest BCUT2D eigenvalue weighted by molar-refractivity contribution is 5.87. The Morgan fingerprint density at radius 3 is 1.02 bits per heavy atom. The zero-order chi connectivity index (χ0) is 72.9. The Labute approximate surface area is 591 Å². The molecule has 0 saturated heterocycles. The molecule has 13 N–H and O–H groups in total. The third-order valence-electron chi connectivity index (χ3n) is 15.2. The lowest BCUT2D eigenvalue weighted by molar-refractivity contribution is 0.0512. The summed E-state index contributed by atoms with van der Waals surface area (Å²) in [5.74, 6) is 0. The second-order valence-electron chi connectivity index (χ2n) is 26.4. The fourth-order valence-electron chi connectivity index (χ4n) is 10.4. The van der Waals surface area contributed by atoms with E-state index in [1.165, 1.54) is 0 Å². The van der Waals surface area contributed by atoms with Gasteiger partial charge in [-0.25, -0.2) is 14.4 Å². The molecule has 0 aliphatic heterocycles. The first-order valence-corrected chi connectivity index (χ1v) is 32.0. The van der Waals surface area contributed by atoms with Gasteiger partial charge in [-0.15, -0.1) is 12.4 Å². The van der Waals surface area contributed by atoms with Crippen LogP contribution in [0, 0.1) is 22.7 Å². The van der Waals surface area contributed by atoms with Crippen LogP contribution in [0.1, 0.15) is 95.7 Å². The van der Waals surface area contributed by atoms with Gasteiger partial charge < -0.3 is 76.4 Å². The number of rotatable bonds is 9. The maximum absolute atomic E-state index is 11.8. The van der Waals surface area contributed by atoms with Crippen LogP contribution in [0.2, 0.25) is 0 Å². The molecule has 0 saturated carbocycles. The first-order chi connectivity index (χ1) is 48.0. The molecule has 524 valence electrons. The molecule has 102 heavy (non-hydrogen) atoms. The van der Waals surface area contributed by atoms with Crippen molar-refractivity contribution in [3.8, 4) is 23.5 Å². The number of aromatic amines is 4. The number of anilines is 2. The average molecular weight is 1400 g/mol. The summed E-state index contributed by atoms with van der Waals surface area (Å²) >= 11 is 0. The molecule has 3 amide bonds. The van der Waals surface area contributed by atoms with Crippen molar-refractivity contribution in [3.63, 3.8) is 0 Å². The van der Waals surface area contributed by atoms with E-state index >= 15 is 0 Å². The molecule has 0 fully saturated rings. The number of nitrogens with two attached hydrogens (primary N) is 3. The van der Waals surface area contributed by atoms with Crippen LogP contribution in [-0.4, -0.2) is 64.2 Å². The first-order valence-electron chi connectivity index (χ1n) is 32.0. The summed E-state index contributed by atoms with van der Waals surface area (Å²) in [6.45, 7) is 18.1. The number of ether oxygens (including phenoxy) is 3. The van der Waals surface area contributed by atoms with Crippen LogP contribution < -0.4 is 54.9 Å². The maximum atomic E-state index is 11.8. The van der Waals surface area contributed by atoms with E-state index in [0.717, 1.165) is 87.7 Å². The molecule has 6 aromatic heterocycles. The number of carbonyl (C=O) groups excluding carboxylic acids is 3. The SMILES string of the molecule is CC(C)(C)OC(=O)NCc1ccc2cc[nH]c2c1.CC(C)(C)OC(=O)NCc1ccc2cc[nH]c2c1.CC(C)(C)OC(=O)NCc1ccc2ccn(-c3c(N)c(=O)c3=O)c2c1.Cl.N#Cc1ccc2cc[nH]c2c1.N#Cc1ccc2cc[nH]c2c1.NCc1ccc2ccn(-c3c(N)c(=O)c3=O)c2c1. The molecule has 0 radical (unpaired) electrons. The number of nitrogens with zero attached hydrogens (tertiary/aromatic N) is 4. The summed E-state index contributed by atoms with van der Waals surface area (Å²) in [5.41, 5.74) is 24.4. The number of fused-ring (bicyclic) bond motifs is 6. The smallest absolute Gasteiger partial charge is 0.407 e. The van der Waals surface area contributed by atoms with Gasteiger partial charge >= 0.3 is 18.3 Å². The molecule has 0 spiro atoms. The fourth-order valence-corrected chi connectivity index (χ4v) is 10.4. The highest BCUT2D eigenvalue weighted by atomic mass is 35.5. The third-order valence-corrected chi connectivity index (χ3v) is 15.2. The van der Waals surface area contributed by atoms with Gasteiger partial charge in [-0.1, -0.05) is 60.7 Å². The van der Waals surface area contributed by atoms with Crippen LogP contribution in [-0.2, 0) is 40.4 Å². The zero-order valence-corrected chi connectivity index (χ0v) is 58.5. The van der Waals surface area contributed by atoms with Crippen LogP contribution in [0.3, 0.4) is 0 Å². The van der Waals surface area contributed by atoms with Gasteiger partial charge in [0.15, 0.2) is 0 Å². The summed E-state index contributed by atoms with van der Waals surface area (Å²) in [4.78, 5) is 92.9. The zero-order valence-electron chi connectivity index (χ0n) is 57.7. The highest BCUT2D eigenvalue weighted by Gasteiger charge is 2.23. The predicted octanol–water partition coefficient (Wildman–Crippen LogP) is 13.0. The van der Waals surface area contributed by atoms with Gasteiger partial charge in [0.2, 0.25) is 0 Å². The van der Waals surface area contributed by atoms with E-state index in [9.17, 15) is 33.6 Å². The van der Waals surface area contributed by atoms with Crippen LogP contribution in [0.5, 0.6) is 0 Å². The molecule has 14 aromatic rings. The Hall–Kier alpha value is -12.6. The molecule has 8 aromatic carbocycles. The number of hydrogen-bond donors (Lipinski definition) is 10. The minimum atomic E-state index is -0.653. The number of aromatic nitrogens is 6. The molecule has 24 nitrogen and oxygen atoms in total. The Balaban J connectivity index is 0.000000158. The molecular weight excluding hydrogens is 1320 g/mol. The molecule has 0 aliphatic carbocycles. The van der Waals surface area contributed by atoms with Gasteiger partial charge in [-0.3, -0.25) is 19.2 Å². The molecule has 25 heteroatoms. The molecular formula is C77H79ClN14O10. The Morgan fingerprint density at radius 1 is 0.412 bits per heavy atom. The normalized spacial score (nSPS) is 11.1. The number of nitriles is 2. The molecule has 14 rings (SSSR count). The monoisotopic (exact) mass is 1390 g/mol. The molecule has 0 bridgehead atoms. The van der Waals surface area contributed by atoms with E-state index < -0.39 is 56.8 Å². The van der Waals surface area contributed by atoms with E-state index in [-0.39, 0.29) is 41.7 Å². The van der Waals surface area contributed by atoms with Crippen LogP contribution in [0.4, 0.5) is 25.8 Å². The number of H-pyrrole nitrogens is 4. The maximum Gasteiger partial charge on any atom is 0.407 e.